The van der Waals surface area contributed by atoms with Gasteiger partial charge in [-0.05, 0) is 17.9 Å². The number of hydrogen-bond acceptors (Lipinski definition) is 5. The molecule has 1 rings (SSSR count). The first kappa shape index (κ1) is 22.1. The highest BCUT2D eigenvalue weighted by molar-refractivity contribution is 6.02. The van der Waals surface area contributed by atoms with Crippen LogP contribution in [0.25, 0.3) is 0 Å². The maximum Gasteiger partial charge on any atom is 0.255 e. The van der Waals surface area contributed by atoms with E-state index in [0.717, 1.165) is 5.56 Å². The lowest BCUT2D eigenvalue weighted by Crippen LogP contribution is -2.52. The van der Waals surface area contributed by atoms with Crippen LogP contribution in [0.5, 0.6) is 0 Å². The van der Waals surface area contributed by atoms with E-state index in [1.54, 1.807) is 13.8 Å². The summed E-state index contributed by atoms with van der Waals surface area (Å²) < 4.78 is 0. The average molecular weight is 378 g/mol. The Morgan fingerprint density at radius 1 is 1.04 bits per heavy atom. The first-order chi connectivity index (χ1) is 12.7. The minimum atomic E-state index is -1.22. The molecule has 148 valence electrons. The van der Waals surface area contributed by atoms with Gasteiger partial charge in [-0.1, -0.05) is 44.2 Å². The lowest BCUT2D eigenvalue weighted by Gasteiger charge is -2.21. The Balaban J connectivity index is 2.81. The Kier molecular flexibility index (Phi) is 8.94. The van der Waals surface area contributed by atoms with Gasteiger partial charge < -0.3 is 16.4 Å². The van der Waals surface area contributed by atoms with Crippen LogP contribution >= 0.6 is 0 Å². The Hall–Kier alpha value is -2.94. The molecule has 27 heavy (non-hydrogen) atoms. The summed E-state index contributed by atoms with van der Waals surface area (Å²) in [5.41, 5.74) is 7.46. The van der Waals surface area contributed by atoms with E-state index < -0.39 is 42.0 Å². The fourth-order valence-corrected chi connectivity index (χ4v) is 2.47. The highest BCUT2D eigenvalue weighted by atomic mass is 16.5. The van der Waals surface area contributed by atoms with Crippen LogP contribution in [0.15, 0.2) is 30.3 Å². The molecular formula is C18H26N4O5. The molecule has 0 aliphatic carbocycles. The van der Waals surface area contributed by atoms with Crippen LogP contribution in [0.1, 0.15) is 32.3 Å². The normalized spacial score (nSPS) is 12.7. The fraction of sp³-hybridized carbons (Fsp3) is 0.444. The smallest absolute Gasteiger partial charge is 0.255 e. The number of carbonyl (C=O) groups excluding carboxylic acids is 4. The molecule has 2 atom stereocenters. The van der Waals surface area contributed by atoms with Crippen LogP contribution in [0.3, 0.4) is 0 Å². The van der Waals surface area contributed by atoms with Gasteiger partial charge in [-0.25, -0.2) is 5.48 Å². The Morgan fingerprint density at radius 3 is 2.19 bits per heavy atom. The van der Waals surface area contributed by atoms with E-state index in [1.807, 2.05) is 30.3 Å². The summed E-state index contributed by atoms with van der Waals surface area (Å²) in [6.45, 7) is 3.81. The van der Waals surface area contributed by atoms with Crippen LogP contribution in [0.4, 0.5) is 0 Å². The van der Waals surface area contributed by atoms with Crippen LogP contribution in [0.2, 0.25) is 0 Å². The van der Waals surface area contributed by atoms with Crippen molar-refractivity contribution in [3.8, 4) is 0 Å². The third-order valence-electron chi connectivity index (χ3n) is 3.80. The Labute approximate surface area is 157 Å². The van der Waals surface area contributed by atoms with Gasteiger partial charge in [0.25, 0.3) is 5.91 Å². The van der Waals surface area contributed by atoms with E-state index in [-0.39, 0.29) is 18.9 Å². The molecule has 0 aliphatic rings. The maximum atomic E-state index is 12.4. The number of carbonyl (C=O) groups is 4. The second kappa shape index (κ2) is 10.9. The minimum Gasteiger partial charge on any atom is -0.370 e. The van der Waals surface area contributed by atoms with Crippen LogP contribution in [-0.2, 0) is 25.7 Å². The third-order valence-corrected chi connectivity index (χ3v) is 3.80. The van der Waals surface area contributed by atoms with Gasteiger partial charge in [0.1, 0.15) is 12.0 Å². The molecule has 0 aliphatic heterocycles. The molecule has 1 aromatic carbocycles. The summed E-state index contributed by atoms with van der Waals surface area (Å²) in [6, 6.07) is 7.86. The van der Waals surface area contributed by atoms with E-state index in [0.29, 0.717) is 0 Å². The third kappa shape index (κ3) is 7.87. The van der Waals surface area contributed by atoms with Gasteiger partial charge in [0.2, 0.25) is 17.7 Å². The molecule has 9 heteroatoms. The zero-order valence-corrected chi connectivity index (χ0v) is 15.4. The number of hydrogen-bond donors (Lipinski definition) is 5. The highest BCUT2D eigenvalue weighted by Crippen LogP contribution is 2.13. The molecule has 1 aromatic rings. The van der Waals surface area contributed by atoms with Gasteiger partial charge in [0.05, 0.1) is 6.42 Å². The Bertz CT molecular complexity index is 663. The van der Waals surface area contributed by atoms with Crippen molar-refractivity contribution in [2.45, 2.75) is 39.3 Å². The van der Waals surface area contributed by atoms with Crippen molar-refractivity contribution in [1.82, 2.24) is 16.1 Å². The molecule has 4 amide bonds. The number of hydroxylamine groups is 1. The molecule has 0 bridgehead atoms. The van der Waals surface area contributed by atoms with E-state index in [9.17, 15) is 19.2 Å². The van der Waals surface area contributed by atoms with Crippen molar-refractivity contribution < 1.29 is 24.4 Å². The predicted molar refractivity (Wildman–Crippen MR) is 96.9 cm³/mol. The molecular weight excluding hydrogens is 352 g/mol. The first-order valence-corrected chi connectivity index (χ1v) is 8.58. The van der Waals surface area contributed by atoms with E-state index in [2.05, 4.69) is 10.6 Å². The summed E-state index contributed by atoms with van der Waals surface area (Å²) in [6.07, 6.45) is -0.255. The number of primary amides is 1. The Morgan fingerprint density at radius 2 is 1.67 bits per heavy atom. The zero-order chi connectivity index (χ0) is 20.4. The van der Waals surface area contributed by atoms with Gasteiger partial charge >= 0.3 is 0 Å². The fourth-order valence-electron chi connectivity index (χ4n) is 2.47. The second-order valence-electron chi connectivity index (χ2n) is 6.59. The van der Waals surface area contributed by atoms with Gasteiger partial charge in [-0.3, -0.25) is 24.4 Å². The van der Waals surface area contributed by atoms with Gasteiger partial charge in [0, 0.05) is 6.54 Å². The summed E-state index contributed by atoms with van der Waals surface area (Å²) >= 11 is 0. The largest absolute Gasteiger partial charge is 0.370 e. The van der Waals surface area contributed by atoms with Crippen molar-refractivity contribution in [2.75, 3.05) is 0 Å². The number of nitrogens with one attached hydrogen (secondary N) is 3. The SMILES string of the molecule is CC(C)CC(C(=O)NO)C(=O)N[C@@H](CC(N)=O)C(=O)NCc1ccccc1. The molecule has 0 saturated carbocycles. The summed E-state index contributed by atoms with van der Waals surface area (Å²) in [7, 11) is 0. The average Bonchev–Trinajstić information content (AvgIpc) is 2.63. The number of nitrogens with two attached hydrogens (primary N) is 1. The summed E-state index contributed by atoms with van der Waals surface area (Å²) in [5.74, 6) is -4.24. The summed E-state index contributed by atoms with van der Waals surface area (Å²) in [5, 5.41) is 13.8. The lowest BCUT2D eigenvalue weighted by molar-refractivity contribution is -0.143. The van der Waals surface area contributed by atoms with Crippen molar-refractivity contribution >= 4 is 23.6 Å². The van der Waals surface area contributed by atoms with E-state index in [4.69, 9.17) is 10.9 Å². The predicted octanol–water partition coefficient (Wildman–Crippen LogP) is -0.169. The lowest BCUT2D eigenvalue weighted by atomic mass is 9.95. The van der Waals surface area contributed by atoms with Crippen LogP contribution < -0.4 is 21.8 Å². The molecule has 0 heterocycles. The summed E-state index contributed by atoms with van der Waals surface area (Å²) in [4.78, 5) is 47.9. The van der Waals surface area contributed by atoms with Crippen molar-refractivity contribution in [2.24, 2.45) is 17.6 Å². The minimum absolute atomic E-state index is 0.0143. The van der Waals surface area contributed by atoms with Crippen molar-refractivity contribution in [1.29, 1.82) is 0 Å². The van der Waals surface area contributed by atoms with Crippen molar-refractivity contribution in [3.63, 3.8) is 0 Å². The molecule has 1 unspecified atom stereocenters. The quantitative estimate of drug-likeness (QED) is 0.218. The van der Waals surface area contributed by atoms with E-state index >= 15 is 0 Å². The molecule has 0 spiro atoms. The molecule has 0 fully saturated rings. The van der Waals surface area contributed by atoms with E-state index in [1.165, 1.54) is 5.48 Å². The first-order valence-electron chi connectivity index (χ1n) is 8.58. The zero-order valence-electron chi connectivity index (χ0n) is 15.4. The number of amides is 4. The topological polar surface area (TPSA) is 151 Å². The number of benzene rings is 1. The molecule has 0 aromatic heterocycles. The highest BCUT2D eigenvalue weighted by Gasteiger charge is 2.31. The number of rotatable bonds is 10. The second-order valence-corrected chi connectivity index (χ2v) is 6.59. The van der Waals surface area contributed by atoms with Crippen molar-refractivity contribution in [3.05, 3.63) is 35.9 Å². The molecule has 9 nitrogen and oxygen atoms in total. The monoisotopic (exact) mass is 378 g/mol. The molecule has 0 saturated heterocycles. The molecule has 6 N–H and O–H groups in total. The standard InChI is InChI=1S/C18H26N4O5/c1-11(2)8-13(17(25)22-27)16(24)21-14(9-15(19)23)18(26)20-10-12-6-4-3-5-7-12/h3-7,11,13-14,27H,8-10H2,1-2H3,(H2,19,23)(H,20,26)(H,21,24)(H,22,25)/t13?,14-/m0/s1. The van der Waals surface area contributed by atoms with Gasteiger partial charge in [0.15, 0.2) is 0 Å². The van der Waals surface area contributed by atoms with Crippen LogP contribution in [-0.4, -0.2) is 34.9 Å². The van der Waals surface area contributed by atoms with Crippen LogP contribution in [0, 0.1) is 11.8 Å². The maximum absolute atomic E-state index is 12.4. The van der Waals surface area contributed by atoms with Gasteiger partial charge in [-0.15, -0.1) is 0 Å². The molecule has 0 radical (unpaired) electrons. The van der Waals surface area contributed by atoms with Gasteiger partial charge in [-0.2, -0.15) is 0 Å².